The summed E-state index contributed by atoms with van der Waals surface area (Å²) in [4.78, 5) is 14.8. The van der Waals surface area contributed by atoms with Crippen molar-refractivity contribution < 1.29 is 13.2 Å². The molecular formula is C15H22N2O3S2. The van der Waals surface area contributed by atoms with Crippen LogP contribution in [0.25, 0.3) is 0 Å². The van der Waals surface area contributed by atoms with Crippen LogP contribution in [0.3, 0.4) is 0 Å². The zero-order valence-electron chi connectivity index (χ0n) is 13.2. The molecule has 2 rings (SSSR count). The predicted molar refractivity (Wildman–Crippen MR) is 88.4 cm³/mol. The van der Waals surface area contributed by atoms with Gasteiger partial charge in [0.1, 0.15) is 0 Å². The number of hydrogen-bond acceptors (Lipinski definition) is 4. The van der Waals surface area contributed by atoms with Gasteiger partial charge >= 0.3 is 0 Å². The zero-order valence-corrected chi connectivity index (χ0v) is 14.8. The summed E-state index contributed by atoms with van der Waals surface area (Å²) in [6.07, 6.45) is 2.38. The quantitative estimate of drug-likeness (QED) is 0.741. The Bertz CT molecular complexity index is 629. The molecule has 1 atom stereocenters. The monoisotopic (exact) mass is 342 g/mol. The summed E-state index contributed by atoms with van der Waals surface area (Å²) >= 11 is 1.57. The Morgan fingerprint density at radius 2 is 1.95 bits per heavy atom. The third-order valence-electron chi connectivity index (χ3n) is 3.96. The van der Waals surface area contributed by atoms with Gasteiger partial charge in [0.05, 0.1) is 4.90 Å². The number of carbonyl (C=O) groups is 1. The third-order valence-corrected chi connectivity index (χ3v) is 6.54. The maximum Gasteiger partial charge on any atom is 0.242 e. The van der Waals surface area contributed by atoms with Gasteiger partial charge < -0.3 is 4.90 Å². The number of thioether (sulfide) groups is 1. The number of carbonyl (C=O) groups excluding carboxylic acids is 1. The number of nitrogens with zero attached hydrogens (tertiary/aromatic N) is 2. The summed E-state index contributed by atoms with van der Waals surface area (Å²) in [5, 5.41) is 0. The maximum absolute atomic E-state index is 12.6. The molecule has 0 spiro atoms. The second-order valence-electron chi connectivity index (χ2n) is 5.46. The molecule has 1 aromatic rings. The first-order valence-electron chi connectivity index (χ1n) is 7.26. The lowest BCUT2D eigenvalue weighted by atomic mass is 10.1. The van der Waals surface area contributed by atoms with Gasteiger partial charge in [-0.25, -0.2) is 12.7 Å². The minimum absolute atomic E-state index is 0.0673. The summed E-state index contributed by atoms with van der Waals surface area (Å²) in [6.45, 7) is 3.63. The number of benzene rings is 1. The van der Waals surface area contributed by atoms with Crippen LogP contribution in [-0.4, -0.2) is 56.5 Å². The van der Waals surface area contributed by atoms with Crippen molar-refractivity contribution in [2.24, 2.45) is 5.92 Å². The molecule has 0 unspecified atom stereocenters. The van der Waals surface area contributed by atoms with E-state index in [1.807, 2.05) is 25.3 Å². The van der Waals surface area contributed by atoms with Crippen molar-refractivity contribution in [2.75, 3.05) is 32.9 Å². The lowest BCUT2D eigenvalue weighted by Crippen LogP contribution is -2.33. The SMILES string of the molecule is CCN1C[C@@H](CN(C)S(=O)(=O)c2ccc(SC)cc2)CC1=O. The topological polar surface area (TPSA) is 57.7 Å². The highest BCUT2D eigenvalue weighted by molar-refractivity contribution is 7.98. The van der Waals surface area contributed by atoms with Crippen molar-refractivity contribution >= 4 is 27.7 Å². The number of hydrogen-bond donors (Lipinski definition) is 0. The molecule has 0 saturated carbocycles. The summed E-state index contributed by atoms with van der Waals surface area (Å²) in [5.74, 6) is 0.181. The molecule has 1 aliphatic rings. The first-order valence-corrected chi connectivity index (χ1v) is 9.93. The summed E-state index contributed by atoms with van der Waals surface area (Å²) in [7, 11) is -1.92. The van der Waals surface area contributed by atoms with Crippen LogP contribution in [0.15, 0.2) is 34.1 Å². The van der Waals surface area contributed by atoms with Gasteiger partial charge in [-0.15, -0.1) is 11.8 Å². The van der Waals surface area contributed by atoms with Gasteiger partial charge in [0, 0.05) is 38.0 Å². The Morgan fingerprint density at radius 1 is 1.32 bits per heavy atom. The molecule has 1 aromatic carbocycles. The summed E-state index contributed by atoms with van der Waals surface area (Å²) < 4.78 is 26.5. The van der Waals surface area contributed by atoms with E-state index in [0.717, 1.165) is 4.90 Å². The van der Waals surface area contributed by atoms with E-state index in [2.05, 4.69) is 0 Å². The second kappa shape index (κ2) is 7.02. The fourth-order valence-corrected chi connectivity index (χ4v) is 4.33. The average Bonchev–Trinajstić information content (AvgIpc) is 2.86. The van der Waals surface area contributed by atoms with Gasteiger partial charge in [-0.3, -0.25) is 4.79 Å². The lowest BCUT2D eigenvalue weighted by Gasteiger charge is -2.21. The van der Waals surface area contributed by atoms with Crippen LogP contribution in [0.1, 0.15) is 13.3 Å². The van der Waals surface area contributed by atoms with Crippen molar-refractivity contribution in [1.29, 1.82) is 0 Å². The number of sulfonamides is 1. The number of likely N-dealkylation sites (tertiary alicyclic amines) is 1. The van der Waals surface area contributed by atoms with Crippen LogP contribution in [0.5, 0.6) is 0 Å². The molecule has 0 N–H and O–H groups in total. The van der Waals surface area contributed by atoms with E-state index >= 15 is 0 Å². The number of amides is 1. The Balaban J connectivity index is 2.07. The van der Waals surface area contributed by atoms with Crippen LogP contribution in [-0.2, 0) is 14.8 Å². The van der Waals surface area contributed by atoms with Gasteiger partial charge in [-0.2, -0.15) is 0 Å². The molecule has 0 bridgehead atoms. The molecular weight excluding hydrogens is 320 g/mol. The fourth-order valence-electron chi connectivity index (χ4n) is 2.67. The molecule has 1 fully saturated rings. The molecule has 0 radical (unpaired) electrons. The van der Waals surface area contributed by atoms with E-state index in [1.54, 1.807) is 35.8 Å². The predicted octanol–water partition coefficient (Wildman–Crippen LogP) is 1.90. The summed E-state index contributed by atoms with van der Waals surface area (Å²) in [6, 6.07) is 6.89. The standard InChI is InChI=1S/C15H22N2O3S2/c1-4-17-11-12(9-15(17)18)10-16(2)22(19,20)14-7-5-13(21-3)6-8-14/h5-8,12H,4,9-11H2,1-3H3/t12-/m1/s1. The zero-order chi connectivity index (χ0) is 16.3. The van der Waals surface area contributed by atoms with E-state index in [0.29, 0.717) is 31.0 Å². The van der Waals surface area contributed by atoms with Crippen LogP contribution in [0.2, 0.25) is 0 Å². The molecule has 5 nitrogen and oxygen atoms in total. The van der Waals surface area contributed by atoms with Crippen molar-refractivity contribution in [1.82, 2.24) is 9.21 Å². The van der Waals surface area contributed by atoms with Gasteiger partial charge in [0.25, 0.3) is 0 Å². The minimum atomic E-state index is -3.50. The van der Waals surface area contributed by atoms with Gasteiger partial charge in [-0.05, 0) is 43.4 Å². The van der Waals surface area contributed by atoms with Crippen molar-refractivity contribution in [3.8, 4) is 0 Å². The van der Waals surface area contributed by atoms with Crippen LogP contribution in [0.4, 0.5) is 0 Å². The van der Waals surface area contributed by atoms with Crippen molar-refractivity contribution in [3.05, 3.63) is 24.3 Å². The van der Waals surface area contributed by atoms with Crippen LogP contribution in [0, 0.1) is 5.92 Å². The van der Waals surface area contributed by atoms with Gasteiger partial charge in [-0.1, -0.05) is 0 Å². The van der Waals surface area contributed by atoms with Gasteiger partial charge in [0.15, 0.2) is 0 Å². The number of rotatable bonds is 6. The normalized spacial score (nSPS) is 19.2. The molecule has 1 amide bonds. The fraction of sp³-hybridized carbons (Fsp3) is 0.533. The summed E-state index contributed by atoms with van der Waals surface area (Å²) in [5.41, 5.74) is 0. The Morgan fingerprint density at radius 3 is 2.45 bits per heavy atom. The lowest BCUT2D eigenvalue weighted by molar-refractivity contribution is -0.127. The van der Waals surface area contributed by atoms with Crippen molar-refractivity contribution in [3.63, 3.8) is 0 Å². The van der Waals surface area contributed by atoms with Gasteiger partial charge in [0.2, 0.25) is 15.9 Å². The first-order chi connectivity index (χ1) is 10.4. The highest BCUT2D eigenvalue weighted by Gasteiger charge is 2.32. The molecule has 22 heavy (non-hydrogen) atoms. The highest BCUT2D eigenvalue weighted by Crippen LogP contribution is 2.23. The molecule has 122 valence electrons. The van der Waals surface area contributed by atoms with E-state index in [9.17, 15) is 13.2 Å². The molecule has 1 saturated heterocycles. The minimum Gasteiger partial charge on any atom is -0.343 e. The second-order valence-corrected chi connectivity index (χ2v) is 8.39. The molecule has 0 aromatic heterocycles. The average molecular weight is 342 g/mol. The van der Waals surface area contributed by atoms with E-state index in [1.165, 1.54) is 4.31 Å². The van der Waals surface area contributed by atoms with E-state index in [-0.39, 0.29) is 11.8 Å². The molecule has 1 heterocycles. The highest BCUT2D eigenvalue weighted by atomic mass is 32.2. The Hall–Kier alpha value is -1.05. The Kier molecular flexibility index (Phi) is 5.52. The molecule has 0 aliphatic carbocycles. The Labute approximate surface area is 136 Å². The van der Waals surface area contributed by atoms with Crippen LogP contribution < -0.4 is 0 Å². The smallest absolute Gasteiger partial charge is 0.242 e. The largest absolute Gasteiger partial charge is 0.343 e. The van der Waals surface area contributed by atoms with E-state index < -0.39 is 10.0 Å². The van der Waals surface area contributed by atoms with E-state index in [4.69, 9.17) is 0 Å². The molecule has 7 heteroatoms. The first kappa shape index (κ1) is 17.3. The molecule has 1 aliphatic heterocycles. The van der Waals surface area contributed by atoms with Crippen molar-refractivity contribution in [2.45, 2.75) is 23.1 Å². The van der Waals surface area contributed by atoms with Crippen LogP contribution >= 0.6 is 11.8 Å². The maximum atomic E-state index is 12.6. The third kappa shape index (κ3) is 3.64.